The van der Waals surface area contributed by atoms with E-state index in [0.717, 1.165) is 46.4 Å². The van der Waals surface area contributed by atoms with E-state index in [0.29, 0.717) is 29.9 Å². The summed E-state index contributed by atoms with van der Waals surface area (Å²) in [5.41, 5.74) is 11.6. The second-order valence-electron chi connectivity index (χ2n) is 7.13. The maximum Gasteiger partial charge on any atom is 0.237 e. The monoisotopic (exact) mass is 402 g/mol. The molecule has 1 aliphatic heterocycles. The highest BCUT2D eigenvalue weighted by molar-refractivity contribution is 5.95. The molecule has 0 atom stereocenters. The molecule has 9 heteroatoms. The van der Waals surface area contributed by atoms with E-state index < -0.39 is 0 Å². The van der Waals surface area contributed by atoms with Crippen molar-refractivity contribution in [1.82, 2.24) is 24.7 Å². The largest absolute Gasteiger partial charge is 0.474 e. The molecule has 4 N–H and O–H groups in total. The molecule has 0 bridgehead atoms. The lowest BCUT2D eigenvalue weighted by Crippen LogP contribution is -2.20. The predicted molar refractivity (Wildman–Crippen MR) is 117 cm³/mol. The van der Waals surface area contributed by atoms with Crippen LogP contribution in [-0.4, -0.2) is 37.9 Å². The van der Waals surface area contributed by atoms with E-state index >= 15 is 0 Å². The third kappa shape index (κ3) is 3.14. The maximum absolute atomic E-state index is 6.33. The number of rotatable bonds is 4. The van der Waals surface area contributed by atoms with E-state index in [4.69, 9.17) is 10.5 Å². The standard InChI is InChI=1S/C21H22N8O/c1-3-29-6-4-18(28-29)27-21-25-11-15-16(22)8-13(9-17(15)26-21)14-10-24-20-19(12(14)2)23-5-7-30-20/h4,6,8-11,23H,3,5,7,22H2,1-2H3,(H,25,26,27,28). The lowest BCUT2D eigenvalue weighted by Gasteiger charge is -2.21. The van der Waals surface area contributed by atoms with Crippen molar-refractivity contribution in [2.24, 2.45) is 0 Å². The molecule has 0 saturated heterocycles. The number of aromatic nitrogens is 5. The van der Waals surface area contributed by atoms with E-state index in [2.05, 4.69) is 37.6 Å². The lowest BCUT2D eigenvalue weighted by atomic mass is 9.99. The molecule has 1 aromatic carbocycles. The SMILES string of the molecule is CCn1ccc(Nc2ncc3c(N)cc(-c4cnc5c(c4C)NCCO5)cc3n2)n1. The van der Waals surface area contributed by atoms with Crippen LogP contribution >= 0.6 is 0 Å². The summed E-state index contributed by atoms with van der Waals surface area (Å²) in [6, 6.07) is 5.82. The summed E-state index contributed by atoms with van der Waals surface area (Å²) in [5.74, 6) is 1.80. The van der Waals surface area contributed by atoms with Gasteiger partial charge in [0.2, 0.25) is 11.8 Å². The second kappa shape index (κ2) is 7.18. The van der Waals surface area contributed by atoms with Gasteiger partial charge in [-0.2, -0.15) is 5.10 Å². The topological polar surface area (TPSA) is 116 Å². The van der Waals surface area contributed by atoms with Crippen LogP contribution in [-0.2, 0) is 6.54 Å². The fraction of sp³-hybridized carbons (Fsp3) is 0.238. The number of nitrogen functional groups attached to an aromatic ring is 1. The minimum absolute atomic E-state index is 0.468. The normalized spacial score (nSPS) is 12.9. The first-order chi connectivity index (χ1) is 14.6. The Bertz CT molecular complexity index is 1250. The van der Waals surface area contributed by atoms with Crippen LogP contribution in [0, 0.1) is 6.92 Å². The predicted octanol–water partition coefficient (Wildman–Crippen LogP) is 3.35. The van der Waals surface area contributed by atoms with Crippen LogP contribution in [0.5, 0.6) is 5.88 Å². The zero-order valence-electron chi connectivity index (χ0n) is 16.8. The third-order valence-electron chi connectivity index (χ3n) is 5.19. The molecule has 0 saturated carbocycles. The van der Waals surface area contributed by atoms with E-state index in [1.807, 2.05) is 42.2 Å². The first-order valence-electron chi connectivity index (χ1n) is 9.86. The summed E-state index contributed by atoms with van der Waals surface area (Å²) >= 11 is 0. The molecule has 4 aromatic rings. The van der Waals surface area contributed by atoms with Crippen LogP contribution in [0.2, 0.25) is 0 Å². The maximum atomic E-state index is 6.33. The quantitative estimate of drug-likeness (QED) is 0.445. The van der Waals surface area contributed by atoms with E-state index in [9.17, 15) is 0 Å². The average Bonchev–Trinajstić information content (AvgIpc) is 3.21. The van der Waals surface area contributed by atoms with Gasteiger partial charge in [-0.25, -0.2) is 15.0 Å². The van der Waals surface area contributed by atoms with Crippen LogP contribution < -0.4 is 21.1 Å². The number of nitrogens with zero attached hydrogens (tertiary/aromatic N) is 5. The fourth-order valence-corrected chi connectivity index (χ4v) is 3.61. The van der Waals surface area contributed by atoms with Gasteiger partial charge in [-0.05, 0) is 37.1 Å². The van der Waals surface area contributed by atoms with Crippen molar-refractivity contribution in [2.45, 2.75) is 20.4 Å². The molecular formula is C21H22N8O. The molecule has 4 heterocycles. The number of fused-ring (bicyclic) bond motifs is 2. The minimum Gasteiger partial charge on any atom is -0.474 e. The second-order valence-corrected chi connectivity index (χ2v) is 7.13. The summed E-state index contributed by atoms with van der Waals surface area (Å²) in [4.78, 5) is 13.5. The Labute approximate surface area is 173 Å². The average molecular weight is 402 g/mol. The number of pyridine rings is 1. The van der Waals surface area contributed by atoms with Gasteiger partial charge < -0.3 is 21.1 Å². The highest BCUT2D eigenvalue weighted by Crippen LogP contribution is 2.37. The molecule has 0 aliphatic carbocycles. The van der Waals surface area contributed by atoms with Crippen LogP contribution in [0.4, 0.5) is 23.1 Å². The Morgan fingerprint density at radius 1 is 1.27 bits per heavy atom. The summed E-state index contributed by atoms with van der Waals surface area (Å²) in [7, 11) is 0. The van der Waals surface area contributed by atoms with Crippen LogP contribution in [0.25, 0.3) is 22.0 Å². The van der Waals surface area contributed by atoms with Crippen molar-refractivity contribution in [1.29, 1.82) is 0 Å². The number of benzene rings is 1. The van der Waals surface area contributed by atoms with E-state index in [1.54, 1.807) is 6.20 Å². The molecule has 5 rings (SSSR count). The van der Waals surface area contributed by atoms with E-state index in [1.165, 1.54) is 0 Å². The van der Waals surface area contributed by atoms with Gasteiger partial charge in [0.15, 0.2) is 5.82 Å². The molecule has 0 fully saturated rings. The molecule has 9 nitrogen and oxygen atoms in total. The zero-order chi connectivity index (χ0) is 20.7. The number of aryl methyl sites for hydroxylation is 1. The van der Waals surface area contributed by atoms with Gasteiger partial charge in [0.1, 0.15) is 12.3 Å². The van der Waals surface area contributed by atoms with Crippen molar-refractivity contribution < 1.29 is 4.74 Å². The Morgan fingerprint density at radius 2 is 2.17 bits per heavy atom. The van der Waals surface area contributed by atoms with Crippen molar-refractivity contribution in [3.05, 3.63) is 42.4 Å². The zero-order valence-corrected chi connectivity index (χ0v) is 16.8. The minimum atomic E-state index is 0.468. The van der Waals surface area contributed by atoms with Gasteiger partial charge in [-0.3, -0.25) is 4.68 Å². The number of hydrogen-bond donors (Lipinski definition) is 3. The van der Waals surface area contributed by atoms with Crippen LogP contribution in [0.15, 0.2) is 36.8 Å². The Kier molecular flexibility index (Phi) is 4.35. The Morgan fingerprint density at radius 3 is 3.00 bits per heavy atom. The molecule has 0 radical (unpaired) electrons. The molecule has 0 unspecified atom stereocenters. The van der Waals surface area contributed by atoms with Crippen molar-refractivity contribution in [3.63, 3.8) is 0 Å². The molecule has 0 amide bonds. The summed E-state index contributed by atoms with van der Waals surface area (Å²) in [5, 5.41) is 11.7. The van der Waals surface area contributed by atoms with Crippen LogP contribution in [0.1, 0.15) is 12.5 Å². The summed E-state index contributed by atoms with van der Waals surface area (Å²) in [6.45, 7) is 6.26. The van der Waals surface area contributed by atoms with Gasteiger partial charge in [-0.15, -0.1) is 0 Å². The number of nitrogens with one attached hydrogen (secondary N) is 2. The van der Waals surface area contributed by atoms with Crippen molar-refractivity contribution >= 4 is 34.0 Å². The Hall–Kier alpha value is -3.88. The number of anilines is 4. The Balaban J connectivity index is 1.55. The first-order valence-corrected chi connectivity index (χ1v) is 9.86. The molecule has 30 heavy (non-hydrogen) atoms. The number of hydrogen-bond acceptors (Lipinski definition) is 8. The van der Waals surface area contributed by atoms with Gasteiger partial charge in [-0.1, -0.05) is 0 Å². The van der Waals surface area contributed by atoms with Crippen molar-refractivity contribution in [3.8, 4) is 17.0 Å². The molecule has 3 aromatic heterocycles. The van der Waals surface area contributed by atoms with E-state index in [-0.39, 0.29) is 0 Å². The third-order valence-corrected chi connectivity index (χ3v) is 5.19. The highest BCUT2D eigenvalue weighted by atomic mass is 16.5. The smallest absolute Gasteiger partial charge is 0.237 e. The lowest BCUT2D eigenvalue weighted by molar-refractivity contribution is 0.310. The highest BCUT2D eigenvalue weighted by Gasteiger charge is 2.18. The van der Waals surface area contributed by atoms with Gasteiger partial charge >= 0.3 is 0 Å². The van der Waals surface area contributed by atoms with Gasteiger partial charge in [0.25, 0.3) is 0 Å². The first kappa shape index (κ1) is 18.2. The van der Waals surface area contributed by atoms with Gasteiger partial charge in [0, 0.05) is 54.4 Å². The summed E-state index contributed by atoms with van der Waals surface area (Å²) in [6.07, 6.45) is 5.45. The number of nitrogens with two attached hydrogens (primary N) is 1. The molecule has 152 valence electrons. The van der Waals surface area contributed by atoms with Gasteiger partial charge in [0.05, 0.1) is 5.52 Å². The number of ether oxygens (including phenoxy) is 1. The molecule has 1 aliphatic rings. The van der Waals surface area contributed by atoms with Crippen molar-refractivity contribution in [2.75, 3.05) is 29.5 Å². The molecular weight excluding hydrogens is 380 g/mol. The fourth-order valence-electron chi connectivity index (χ4n) is 3.61. The molecule has 0 spiro atoms. The summed E-state index contributed by atoms with van der Waals surface area (Å²) < 4.78 is 7.47. The van der Waals surface area contributed by atoms with Crippen LogP contribution in [0.3, 0.4) is 0 Å².